The number of ether oxygens (including phenoxy) is 1. The fourth-order valence-electron chi connectivity index (χ4n) is 1.98. The Bertz CT molecular complexity index is 385. The maximum Gasteiger partial charge on any atom is 0.501 e. The van der Waals surface area contributed by atoms with E-state index < -0.39 is 8.80 Å². The lowest BCUT2D eigenvalue weighted by molar-refractivity contribution is -0.143. The number of carbonyl (C=O) groups excluding carboxylic acids is 2. The van der Waals surface area contributed by atoms with Crippen LogP contribution in [0, 0.1) is 0 Å². The molecule has 0 fully saturated rings. The normalized spacial score (nSPS) is 11.2. The highest BCUT2D eigenvalue weighted by atomic mass is 28.4. The summed E-state index contributed by atoms with van der Waals surface area (Å²) in [6.45, 7) is 12.9. The highest BCUT2D eigenvalue weighted by Crippen LogP contribution is 2.18. The van der Waals surface area contributed by atoms with Gasteiger partial charge in [-0.15, -0.1) is 0 Å². The van der Waals surface area contributed by atoms with Crippen molar-refractivity contribution in [3.05, 3.63) is 12.2 Å². The molecular weight excluding hydrogens is 330 g/mol. The van der Waals surface area contributed by atoms with Gasteiger partial charge in [-0.2, -0.15) is 0 Å². The summed E-state index contributed by atoms with van der Waals surface area (Å²) in [5.41, 5.74) is 0.410. The van der Waals surface area contributed by atoms with Crippen molar-refractivity contribution in [3.8, 4) is 0 Å². The van der Waals surface area contributed by atoms with Gasteiger partial charge in [0.25, 0.3) is 0 Å². The topological polar surface area (TPSA) is 83.1 Å². The summed E-state index contributed by atoms with van der Waals surface area (Å²) in [6.07, 6.45) is 0.736. The molecule has 1 N–H and O–H groups in total. The summed E-state index contributed by atoms with van der Waals surface area (Å²) in [7, 11) is -2.68. The fraction of sp³-hybridized carbons (Fsp3) is 0.750. The second-order valence-corrected chi connectivity index (χ2v) is 7.82. The van der Waals surface area contributed by atoms with E-state index in [4.69, 9.17) is 18.0 Å². The van der Waals surface area contributed by atoms with Gasteiger partial charge in [0, 0.05) is 38.0 Å². The number of esters is 1. The zero-order valence-corrected chi connectivity index (χ0v) is 16.3. The standard InChI is InChI=1S/C16H31NO6Si/c1-6-21-24(22-7-2,23-8-3)13-9-12-20-15(18)10-11-17-16(19)14(4)5/h4,6-13H2,1-3,5H3,(H,17,19). The van der Waals surface area contributed by atoms with E-state index >= 15 is 0 Å². The first-order chi connectivity index (χ1) is 11.4. The summed E-state index contributed by atoms with van der Waals surface area (Å²) in [5, 5.41) is 2.59. The number of carbonyl (C=O) groups is 2. The summed E-state index contributed by atoms with van der Waals surface area (Å²) in [6, 6.07) is 0.599. The molecule has 0 heterocycles. The molecule has 24 heavy (non-hydrogen) atoms. The van der Waals surface area contributed by atoms with Gasteiger partial charge in [-0.25, -0.2) is 0 Å². The molecule has 0 aromatic heterocycles. The molecule has 0 radical (unpaired) electrons. The van der Waals surface area contributed by atoms with Crippen molar-refractivity contribution in [2.45, 2.75) is 46.6 Å². The smallest absolute Gasteiger partial charge is 0.466 e. The van der Waals surface area contributed by atoms with E-state index in [1.807, 2.05) is 20.8 Å². The summed E-state index contributed by atoms with van der Waals surface area (Å²) >= 11 is 0. The number of rotatable bonds is 14. The van der Waals surface area contributed by atoms with Gasteiger partial charge < -0.3 is 23.3 Å². The van der Waals surface area contributed by atoms with Crippen molar-refractivity contribution in [3.63, 3.8) is 0 Å². The molecule has 7 nitrogen and oxygen atoms in total. The van der Waals surface area contributed by atoms with Crippen LogP contribution >= 0.6 is 0 Å². The third kappa shape index (κ3) is 9.81. The Hall–Kier alpha value is -1.22. The van der Waals surface area contributed by atoms with E-state index in [9.17, 15) is 9.59 Å². The number of hydrogen-bond acceptors (Lipinski definition) is 6. The molecule has 0 saturated carbocycles. The Kier molecular flexibility index (Phi) is 12.4. The first-order valence-electron chi connectivity index (χ1n) is 8.41. The zero-order valence-electron chi connectivity index (χ0n) is 15.3. The minimum absolute atomic E-state index is 0.129. The van der Waals surface area contributed by atoms with Crippen LogP contribution in [0.1, 0.15) is 40.5 Å². The monoisotopic (exact) mass is 361 g/mol. The van der Waals surface area contributed by atoms with Crippen LogP contribution in [0.2, 0.25) is 6.04 Å². The van der Waals surface area contributed by atoms with Gasteiger partial charge in [-0.05, 0) is 34.1 Å². The molecule has 0 aliphatic carbocycles. The van der Waals surface area contributed by atoms with Crippen LogP contribution in [0.5, 0.6) is 0 Å². The Morgan fingerprint density at radius 2 is 1.58 bits per heavy atom. The molecular formula is C16H31NO6Si. The molecule has 1 amide bonds. The third-order valence-electron chi connectivity index (χ3n) is 2.99. The average Bonchev–Trinajstić information content (AvgIpc) is 2.52. The van der Waals surface area contributed by atoms with Crippen molar-refractivity contribution in [2.24, 2.45) is 0 Å². The molecule has 140 valence electrons. The second kappa shape index (κ2) is 13.1. The fourth-order valence-corrected chi connectivity index (χ4v) is 4.56. The van der Waals surface area contributed by atoms with Crippen LogP contribution in [-0.4, -0.2) is 53.7 Å². The van der Waals surface area contributed by atoms with Crippen LogP contribution in [0.3, 0.4) is 0 Å². The first kappa shape index (κ1) is 22.8. The molecule has 0 aliphatic rings. The lowest BCUT2D eigenvalue weighted by atomic mass is 10.3. The van der Waals surface area contributed by atoms with Crippen molar-refractivity contribution >= 4 is 20.7 Å². The van der Waals surface area contributed by atoms with Crippen LogP contribution in [0.15, 0.2) is 12.2 Å². The third-order valence-corrected chi connectivity index (χ3v) is 6.14. The summed E-state index contributed by atoms with van der Waals surface area (Å²) < 4.78 is 22.3. The van der Waals surface area contributed by atoms with E-state index in [1.54, 1.807) is 6.92 Å². The number of nitrogens with one attached hydrogen (secondary N) is 1. The maximum absolute atomic E-state index is 11.6. The van der Waals surface area contributed by atoms with Crippen LogP contribution < -0.4 is 5.32 Å². The van der Waals surface area contributed by atoms with Crippen LogP contribution in [0.4, 0.5) is 0 Å². The molecule has 0 atom stereocenters. The van der Waals surface area contributed by atoms with Crippen molar-refractivity contribution in [1.82, 2.24) is 5.32 Å². The van der Waals surface area contributed by atoms with Gasteiger partial charge in [0.2, 0.25) is 5.91 Å². The van der Waals surface area contributed by atoms with E-state index in [-0.39, 0.29) is 31.4 Å². The molecule has 0 bridgehead atoms. The zero-order chi connectivity index (χ0) is 18.4. The lowest BCUT2D eigenvalue weighted by Gasteiger charge is -2.28. The van der Waals surface area contributed by atoms with Crippen molar-refractivity contribution in [2.75, 3.05) is 33.0 Å². The van der Waals surface area contributed by atoms with Gasteiger partial charge in [-0.3, -0.25) is 9.59 Å². The average molecular weight is 362 g/mol. The molecule has 0 aromatic rings. The Labute approximate surface area is 146 Å². The maximum atomic E-state index is 11.6. The largest absolute Gasteiger partial charge is 0.501 e. The SMILES string of the molecule is C=C(C)C(=O)NCCC(=O)OCCC[Si](OCC)(OCC)OCC. The highest BCUT2D eigenvalue weighted by molar-refractivity contribution is 6.60. The van der Waals surface area contributed by atoms with Gasteiger partial charge in [0.05, 0.1) is 13.0 Å². The summed E-state index contributed by atoms with van der Waals surface area (Å²) in [4.78, 5) is 22.9. The predicted octanol–water partition coefficient (Wildman–Crippen LogP) is 2.05. The highest BCUT2D eigenvalue weighted by Gasteiger charge is 2.39. The molecule has 0 aliphatic heterocycles. The summed E-state index contributed by atoms with van der Waals surface area (Å²) in [5.74, 6) is -0.614. The van der Waals surface area contributed by atoms with Gasteiger partial charge in [0.1, 0.15) is 0 Å². The van der Waals surface area contributed by atoms with Crippen molar-refractivity contribution in [1.29, 1.82) is 0 Å². The van der Waals surface area contributed by atoms with E-state index in [0.717, 1.165) is 0 Å². The second-order valence-electron chi connectivity index (χ2n) is 5.09. The minimum Gasteiger partial charge on any atom is -0.466 e. The minimum atomic E-state index is -2.68. The lowest BCUT2D eigenvalue weighted by Crippen LogP contribution is -2.46. The number of amides is 1. The van der Waals surface area contributed by atoms with Crippen molar-refractivity contribution < 1.29 is 27.6 Å². The predicted molar refractivity (Wildman–Crippen MR) is 93.5 cm³/mol. The Morgan fingerprint density at radius 3 is 2.04 bits per heavy atom. The van der Waals surface area contributed by atoms with Crippen LogP contribution in [-0.2, 0) is 27.6 Å². The first-order valence-corrected chi connectivity index (χ1v) is 10.3. The number of hydrogen-bond donors (Lipinski definition) is 1. The van der Waals surface area contributed by atoms with Crippen LogP contribution in [0.25, 0.3) is 0 Å². The van der Waals surface area contributed by atoms with E-state index in [0.29, 0.717) is 37.9 Å². The molecule has 0 unspecified atom stereocenters. The molecule has 0 rings (SSSR count). The van der Waals surface area contributed by atoms with E-state index in [1.165, 1.54) is 0 Å². The molecule has 0 aromatic carbocycles. The van der Waals surface area contributed by atoms with Gasteiger partial charge >= 0.3 is 14.8 Å². The van der Waals surface area contributed by atoms with E-state index in [2.05, 4.69) is 11.9 Å². The molecule has 0 spiro atoms. The molecule has 8 heteroatoms. The Balaban J connectivity index is 4.08. The van der Waals surface area contributed by atoms with Gasteiger partial charge in [-0.1, -0.05) is 6.58 Å². The molecule has 0 saturated heterocycles. The van der Waals surface area contributed by atoms with Gasteiger partial charge in [0.15, 0.2) is 0 Å². The quantitative estimate of drug-likeness (QED) is 0.221. The Morgan fingerprint density at radius 1 is 1.04 bits per heavy atom.